The third-order valence-corrected chi connectivity index (χ3v) is 6.15. The maximum Gasteiger partial charge on any atom is 0.224 e. The molecule has 1 aromatic carbocycles. The zero-order chi connectivity index (χ0) is 16.9. The Balaban J connectivity index is 1.48. The summed E-state index contributed by atoms with van der Waals surface area (Å²) in [6, 6.07) is 7.37. The molecular formula is C18H23ClN2O2S. The monoisotopic (exact) mass is 366 g/mol. The van der Waals surface area contributed by atoms with Crippen molar-refractivity contribution >= 4 is 35.1 Å². The van der Waals surface area contributed by atoms with Crippen molar-refractivity contribution in [2.75, 3.05) is 31.1 Å². The summed E-state index contributed by atoms with van der Waals surface area (Å²) in [6.45, 7) is 2.35. The first-order valence-corrected chi connectivity index (χ1v) is 10.1. The predicted octanol–water partition coefficient (Wildman–Crippen LogP) is 2.86. The van der Waals surface area contributed by atoms with E-state index in [1.807, 2.05) is 16.7 Å². The highest BCUT2D eigenvalue weighted by Gasteiger charge is 2.29. The summed E-state index contributed by atoms with van der Waals surface area (Å²) in [5, 5.41) is 4.05. The van der Waals surface area contributed by atoms with E-state index in [0.717, 1.165) is 30.9 Å². The van der Waals surface area contributed by atoms with Crippen molar-refractivity contribution in [3.05, 3.63) is 34.9 Å². The van der Waals surface area contributed by atoms with Crippen molar-refractivity contribution in [3.63, 3.8) is 0 Å². The zero-order valence-corrected chi connectivity index (χ0v) is 15.2. The second-order valence-electron chi connectivity index (χ2n) is 6.46. The van der Waals surface area contributed by atoms with E-state index in [4.69, 9.17) is 11.6 Å². The molecule has 2 saturated heterocycles. The first-order chi connectivity index (χ1) is 11.6. The molecule has 0 spiro atoms. The summed E-state index contributed by atoms with van der Waals surface area (Å²) in [7, 11) is 0. The second-order valence-corrected chi connectivity index (χ2v) is 8.04. The van der Waals surface area contributed by atoms with E-state index >= 15 is 0 Å². The molecule has 0 bridgehead atoms. The van der Waals surface area contributed by atoms with Gasteiger partial charge in [0.05, 0.1) is 0 Å². The molecule has 1 unspecified atom stereocenters. The zero-order valence-electron chi connectivity index (χ0n) is 13.7. The van der Waals surface area contributed by atoms with Crippen molar-refractivity contribution in [2.45, 2.75) is 25.3 Å². The SMILES string of the molecule is O=C(c1ccc(Cl)cc1)C1CCN(C(=O)CC2CSCCN2)CC1. The van der Waals surface area contributed by atoms with Crippen LogP contribution in [0, 0.1) is 5.92 Å². The number of amides is 1. The van der Waals surface area contributed by atoms with Gasteiger partial charge in [-0.05, 0) is 37.1 Å². The number of carbonyl (C=O) groups excluding carboxylic acids is 2. The number of rotatable bonds is 4. The van der Waals surface area contributed by atoms with Gasteiger partial charge in [-0.25, -0.2) is 0 Å². The molecule has 0 aromatic heterocycles. The molecule has 2 aliphatic rings. The van der Waals surface area contributed by atoms with Crippen LogP contribution < -0.4 is 5.32 Å². The van der Waals surface area contributed by atoms with E-state index in [-0.39, 0.29) is 17.6 Å². The normalized spacial score (nSPS) is 22.4. The summed E-state index contributed by atoms with van der Waals surface area (Å²) < 4.78 is 0. The van der Waals surface area contributed by atoms with Crippen LogP contribution in [0.15, 0.2) is 24.3 Å². The Labute approximate surface area is 152 Å². The number of benzene rings is 1. The van der Waals surface area contributed by atoms with Crippen molar-refractivity contribution in [1.29, 1.82) is 0 Å². The van der Waals surface area contributed by atoms with Crippen LogP contribution in [0.2, 0.25) is 5.02 Å². The van der Waals surface area contributed by atoms with Crippen LogP contribution in [0.1, 0.15) is 29.6 Å². The van der Waals surface area contributed by atoms with Gasteiger partial charge in [0.2, 0.25) is 5.91 Å². The van der Waals surface area contributed by atoms with E-state index in [2.05, 4.69) is 5.32 Å². The highest BCUT2D eigenvalue weighted by molar-refractivity contribution is 7.99. The van der Waals surface area contributed by atoms with Crippen LogP contribution in [0.25, 0.3) is 0 Å². The van der Waals surface area contributed by atoms with Crippen LogP contribution in [-0.2, 0) is 4.79 Å². The molecule has 1 aromatic rings. The number of halogens is 1. The molecule has 4 nitrogen and oxygen atoms in total. The Kier molecular flexibility index (Phi) is 6.19. The third-order valence-electron chi connectivity index (χ3n) is 4.77. The molecule has 24 heavy (non-hydrogen) atoms. The molecule has 2 aliphatic heterocycles. The van der Waals surface area contributed by atoms with Gasteiger partial charge in [0.15, 0.2) is 5.78 Å². The molecule has 2 fully saturated rings. The van der Waals surface area contributed by atoms with Gasteiger partial charge in [0.25, 0.3) is 0 Å². The number of piperidine rings is 1. The number of hydrogen-bond acceptors (Lipinski definition) is 4. The number of hydrogen-bond donors (Lipinski definition) is 1. The molecule has 0 radical (unpaired) electrons. The summed E-state index contributed by atoms with van der Waals surface area (Å²) in [5.74, 6) is 2.54. The number of Topliss-reactive ketones (excluding diaryl/α,β-unsaturated/α-hetero) is 1. The Morgan fingerprint density at radius 3 is 2.54 bits per heavy atom. The van der Waals surface area contributed by atoms with Crippen molar-refractivity contribution in [1.82, 2.24) is 10.2 Å². The average molecular weight is 367 g/mol. The third kappa shape index (κ3) is 4.52. The lowest BCUT2D eigenvalue weighted by Crippen LogP contribution is -2.45. The number of nitrogens with zero attached hydrogens (tertiary/aromatic N) is 1. The Morgan fingerprint density at radius 2 is 1.92 bits per heavy atom. The molecular weight excluding hydrogens is 344 g/mol. The standard InChI is InChI=1S/C18H23ClN2O2S/c19-15-3-1-13(2-4-15)18(23)14-5-8-21(9-6-14)17(22)11-16-12-24-10-7-20-16/h1-4,14,16,20H,5-12H2. The highest BCUT2D eigenvalue weighted by atomic mass is 35.5. The number of likely N-dealkylation sites (tertiary alicyclic amines) is 1. The molecule has 1 N–H and O–H groups in total. The smallest absolute Gasteiger partial charge is 0.224 e. The van der Waals surface area contributed by atoms with Gasteiger partial charge >= 0.3 is 0 Å². The quantitative estimate of drug-likeness (QED) is 0.832. The molecule has 0 saturated carbocycles. The lowest BCUT2D eigenvalue weighted by Gasteiger charge is -2.33. The minimum atomic E-state index is 0.0126. The molecule has 0 aliphatic carbocycles. The van der Waals surface area contributed by atoms with Gasteiger partial charge in [0, 0.05) is 60.1 Å². The van der Waals surface area contributed by atoms with E-state index in [9.17, 15) is 9.59 Å². The maximum absolute atomic E-state index is 12.5. The minimum Gasteiger partial charge on any atom is -0.343 e. The largest absolute Gasteiger partial charge is 0.343 e. The summed E-state index contributed by atoms with van der Waals surface area (Å²) >= 11 is 7.78. The van der Waals surface area contributed by atoms with Crippen molar-refractivity contribution < 1.29 is 9.59 Å². The van der Waals surface area contributed by atoms with Crippen LogP contribution in [0.4, 0.5) is 0 Å². The molecule has 1 amide bonds. The lowest BCUT2D eigenvalue weighted by atomic mass is 9.88. The van der Waals surface area contributed by atoms with Crippen LogP contribution in [0.3, 0.4) is 0 Å². The first-order valence-electron chi connectivity index (χ1n) is 8.52. The van der Waals surface area contributed by atoms with Gasteiger partial charge in [0.1, 0.15) is 0 Å². The van der Waals surface area contributed by atoms with Crippen LogP contribution in [-0.4, -0.2) is 53.8 Å². The van der Waals surface area contributed by atoms with E-state index < -0.39 is 0 Å². The maximum atomic E-state index is 12.5. The number of ketones is 1. The van der Waals surface area contributed by atoms with Gasteiger partial charge in [-0.1, -0.05) is 11.6 Å². The lowest BCUT2D eigenvalue weighted by molar-refractivity contribution is -0.132. The topological polar surface area (TPSA) is 49.4 Å². The number of carbonyl (C=O) groups is 2. The molecule has 130 valence electrons. The fourth-order valence-electron chi connectivity index (χ4n) is 3.33. The minimum absolute atomic E-state index is 0.0126. The second kappa shape index (κ2) is 8.37. The molecule has 6 heteroatoms. The molecule has 2 heterocycles. The summed E-state index contributed by atoms with van der Waals surface area (Å²) in [5.41, 5.74) is 0.715. The molecule has 1 atom stereocenters. The Hall–Kier alpha value is -1.04. The summed E-state index contributed by atoms with van der Waals surface area (Å²) in [6.07, 6.45) is 2.07. The van der Waals surface area contributed by atoms with E-state index in [1.54, 1.807) is 24.3 Å². The first kappa shape index (κ1) is 17.8. The fraction of sp³-hybridized carbons (Fsp3) is 0.556. The van der Waals surface area contributed by atoms with Crippen LogP contribution in [0.5, 0.6) is 0 Å². The fourth-order valence-corrected chi connectivity index (χ4v) is 4.41. The average Bonchev–Trinajstić information content (AvgIpc) is 2.63. The van der Waals surface area contributed by atoms with Gasteiger partial charge in [-0.3, -0.25) is 9.59 Å². The molecule has 3 rings (SSSR count). The number of thioether (sulfide) groups is 1. The van der Waals surface area contributed by atoms with Gasteiger partial charge in [-0.15, -0.1) is 0 Å². The Morgan fingerprint density at radius 1 is 1.21 bits per heavy atom. The Bertz CT molecular complexity index is 579. The highest BCUT2D eigenvalue weighted by Crippen LogP contribution is 2.23. The van der Waals surface area contributed by atoms with Crippen molar-refractivity contribution in [3.8, 4) is 0 Å². The van der Waals surface area contributed by atoms with Gasteiger partial charge in [-0.2, -0.15) is 11.8 Å². The van der Waals surface area contributed by atoms with Crippen LogP contribution >= 0.6 is 23.4 Å². The predicted molar refractivity (Wildman–Crippen MR) is 98.8 cm³/mol. The summed E-state index contributed by atoms with van der Waals surface area (Å²) in [4.78, 5) is 26.9. The van der Waals surface area contributed by atoms with E-state index in [1.165, 1.54) is 0 Å². The van der Waals surface area contributed by atoms with Crippen molar-refractivity contribution in [2.24, 2.45) is 5.92 Å². The van der Waals surface area contributed by atoms with E-state index in [0.29, 0.717) is 36.1 Å². The number of nitrogens with one attached hydrogen (secondary N) is 1. The van der Waals surface area contributed by atoms with Gasteiger partial charge < -0.3 is 10.2 Å².